The number of piperidine rings is 1. The number of primary amides is 1. The Hall–Kier alpha value is -1.35. The predicted molar refractivity (Wildman–Crippen MR) is 89.4 cm³/mol. The first-order chi connectivity index (χ1) is 11.3. The average molecular weight is 374 g/mol. The summed E-state index contributed by atoms with van der Waals surface area (Å²) in [5, 5.41) is 3.74. The van der Waals surface area contributed by atoms with Crippen molar-refractivity contribution in [3.05, 3.63) is 23.2 Å². The summed E-state index contributed by atoms with van der Waals surface area (Å²) in [6.45, 7) is -0.401. The van der Waals surface area contributed by atoms with Crippen LogP contribution in [0.1, 0.15) is 25.7 Å². The van der Waals surface area contributed by atoms with E-state index in [-0.39, 0.29) is 21.7 Å². The van der Waals surface area contributed by atoms with Crippen LogP contribution < -0.4 is 20.5 Å². The van der Waals surface area contributed by atoms with Crippen molar-refractivity contribution in [2.75, 3.05) is 6.61 Å². The fourth-order valence-corrected chi connectivity index (χ4v) is 5.07. The van der Waals surface area contributed by atoms with Gasteiger partial charge in [-0.25, -0.2) is 13.1 Å². The number of sulfonamides is 1. The zero-order valence-corrected chi connectivity index (χ0v) is 14.6. The summed E-state index contributed by atoms with van der Waals surface area (Å²) < 4.78 is 33.5. The lowest BCUT2D eigenvalue weighted by atomic mass is 10.0. The molecule has 132 valence electrons. The third kappa shape index (κ3) is 4.00. The van der Waals surface area contributed by atoms with Gasteiger partial charge >= 0.3 is 0 Å². The Bertz CT molecular complexity index is 728. The molecule has 1 amide bonds. The number of hydrogen-bond donors (Lipinski definition) is 3. The van der Waals surface area contributed by atoms with Crippen LogP contribution in [0.3, 0.4) is 0 Å². The minimum absolute atomic E-state index is 0.0580. The van der Waals surface area contributed by atoms with Gasteiger partial charge in [0.2, 0.25) is 10.0 Å². The molecule has 0 aliphatic carbocycles. The molecule has 4 N–H and O–H groups in total. The number of benzene rings is 1. The first-order valence-electron chi connectivity index (χ1n) is 7.82. The van der Waals surface area contributed by atoms with E-state index in [1.165, 1.54) is 18.2 Å². The molecule has 0 spiro atoms. The maximum Gasteiger partial charge on any atom is 0.255 e. The first-order valence-corrected chi connectivity index (χ1v) is 9.68. The monoisotopic (exact) mass is 373 g/mol. The zero-order valence-electron chi connectivity index (χ0n) is 13.0. The topological polar surface area (TPSA) is 111 Å². The molecule has 7 nitrogen and oxygen atoms in total. The number of fused-ring (bicyclic) bond motifs is 2. The molecular weight excluding hydrogens is 354 g/mol. The van der Waals surface area contributed by atoms with E-state index in [1.807, 2.05) is 0 Å². The van der Waals surface area contributed by atoms with E-state index in [0.717, 1.165) is 25.7 Å². The summed E-state index contributed by atoms with van der Waals surface area (Å²) in [7, 11) is -3.82. The normalized spacial score (nSPS) is 26.3. The number of nitrogens with one attached hydrogen (secondary N) is 2. The molecule has 2 aliphatic rings. The summed E-state index contributed by atoms with van der Waals surface area (Å²) in [5.74, 6) is -0.626. The Morgan fingerprint density at radius 2 is 2.00 bits per heavy atom. The van der Waals surface area contributed by atoms with Gasteiger partial charge in [0.15, 0.2) is 6.61 Å². The molecule has 0 aromatic heterocycles. The lowest BCUT2D eigenvalue weighted by molar-refractivity contribution is -0.120. The quantitative estimate of drug-likeness (QED) is 0.682. The van der Waals surface area contributed by atoms with Gasteiger partial charge in [-0.3, -0.25) is 4.79 Å². The summed E-state index contributed by atoms with van der Waals surface area (Å²) in [6, 6.07) is 4.84. The molecule has 2 unspecified atom stereocenters. The number of rotatable bonds is 6. The first kappa shape index (κ1) is 17.5. The standard InChI is InChI=1S/C15H20ClN3O4S/c16-9-1-4-13(23-8-15(17)20)14(5-9)24(21,22)19-12-6-10-2-3-11(7-12)18-10/h1,4-5,10-12,18-19H,2-3,6-8H2,(H2,17,20). The Morgan fingerprint density at radius 1 is 1.33 bits per heavy atom. The van der Waals surface area contributed by atoms with E-state index in [2.05, 4.69) is 10.0 Å². The Labute approximate surface area is 145 Å². The molecule has 0 radical (unpaired) electrons. The maximum atomic E-state index is 12.8. The summed E-state index contributed by atoms with van der Waals surface area (Å²) >= 11 is 5.94. The third-order valence-corrected chi connectivity index (χ3v) is 6.14. The largest absolute Gasteiger partial charge is 0.482 e. The van der Waals surface area contributed by atoms with Crippen molar-refractivity contribution >= 4 is 27.5 Å². The molecule has 9 heteroatoms. The Morgan fingerprint density at radius 3 is 2.62 bits per heavy atom. The van der Waals surface area contributed by atoms with Crippen molar-refractivity contribution < 1.29 is 17.9 Å². The van der Waals surface area contributed by atoms with Crippen LogP contribution in [-0.2, 0) is 14.8 Å². The van der Waals surface area contributed by atoms with Crippen LogP contribution in [0.25, 0.3) is 0 Å². The average Bonchev–Trinajstić information content (AvgIpc) is 2.84. The molecule has 24 heavy (non-hydrogen) atoms. The van der Waals surface area contributed by atoms with Crippen molar-refractivity contribution in [1.82, 2.24) is 10.0 Å². The molecular formula is C15H20ClN3O4S. The number of nitrogens with two attached hydrogens (primary N) is 1. The molecule has 3 rings (SSSR count). The minimum atomic E-state index is -3.82. The van der Waals surface area contributed by atoms with Gasteiger partial charge in [0, 0.05) is 23.1 Å². The van der Waals surface area contributed by atoms with Gasteiger partial charge in [-0.2, -0.15) is 0 Å². The smallest absolute Gasteiger partial charge is 0.255 e. The van der Waals surface area contributed by atoms with Gasteiger partial charge in [-0.05, 0) is 43.9 Å². The maximum absolute atomic E-state index is 12.8. The number of carbonyl (C=O) groups is 1. The minimum Gasteiger partial charge on any atom is -0.482 e. The summed E-state index contributed by atoms with van der Waals surface area (Å²) in [5.41, 5.74) is 5.05. The van der Waals surface area contributed by atoms with Crippen LogP contribution in [-0.4, -0.2) is 39.1 Å². The fourth-order valence-electron chi connectivity index (χ4n) is 3.40. The highest BCUT2D eigenvalue weighted by molar-refractivity contribution is 7.89. The highest BCUT2D eigenvalue weighted by Crippen LogP contribution is 2.30. The second kappa shape index (κ2) is 6.87. The van der Waals surface area contributed by atoms with E-state index in [1.54, 1.807) is 0 Å². The van der Waals surface area contributed by atoms with Gasteiger partial charge in [-0.1, -0.05) is 11.6 Å². The molecule has 2 fully saturated rings. The molecule has 2 aliphatic heterocycles. The highest BCUT2D eigenvalue weighted by atomic mass is 35.5. The van der Waals surface area contributed by atoms with Crippen LogP contribution in [0.15, 0.2) is 23.1 Å². The van der Waals surface area contributed by atoms with Gasteiger partial charge in [-0.15, -0.1) is 0 Å². The van der Waals surface area contributed by atoms with Crippen molar-refractivity contribution in [2.24, 2.45) is 5.73 Å². The van der Waals surface area contributed by atoms with Crippen molar-refractivity contribution in [3.63, 3.8) is 0 Å². The van der Waals surface area contributed by atoms with Crippen molar-refractivity contribution in [3.8, 4) is 5.75 Å². The van der Waals surface area contributed by atoms with Gasteiger partial charge < -0.3 is 15.8 Å². The van der Waals surface area contributed by atoms with Gasteiger partial charge in [0.05, 0.1) is 0 Å². The molecule has 2 bridgehead atoms. The zero-order chi connectivity index (χ0) is 17.3. The van der Waals surface area contributed by atoms with Gasteiger partial charge in [0.1, 0.15) is 10.6 Å². The Kier molecular flexibility index (Phi) is 5.00. The molecule has 1 aromatic rings. The van der Waals surface area contributed by atoms with E-state index < -0.39 is 22.5 Å². The van der Waals surface area contributed by atoms with Crippen LogP contribution in [0.2, 0.25) is 5.02 Å². The summed E-state index contributed by atoms with van der Waals surface area (Å²) in [6.07, 6.45) is 3.67. The SMILES string of the molecule is NC(=O)COc1ccc(Cl)cc1S(=O)(=O)NC1CC2CCC(C1)N2. The number of amides is 1. The van der Waals surface area contributed by atoms with E-state index in [0.29, 0.717) is 12.1 Å². The highest BCUT2D eigenvalue weighted by Gasteiger charge is 2.36. The molecule has 1 aromatic carbocycles. The van der Waals surface area contributed by atoms with Crippen LogP contribution in [0.5, 0.6) is 5.75 Å². The Balaban J connectivity index is 1.80. The molecule has 0 saturated carbocycles. The van der Waals surface area contributed by atoms with E-state index in [9.17, 15) is 13.2 Å². The number of carbonyl (C=O) groups excluding carboxylic acids is 1. The number of hydrogen-bond acceptors (Lipinski definition) is 5. The van der Waals surface area contributed by atoms with Crippen molar-refractivity contribution in [2.45, 2.75) is 48.7 Å². The fraction of sp³-hybridized carbons (Fsp3) is 0.533. The van der Waals surface area contributed by atoms with Crippen LogP contribution in [0, 0.1) is 0 Å². The van der Waals surface area contributed by atoms with Crippen molar-refractivity contribution in [1.29, 1.82) is 0 Å². The second-order valence-electron chi connectivity index (χ2n) is 6.27. The van der Waals surface area contributed by atoms with Crippen LogP contribution >= 0.6 is 11.6 Å². The number of ether oxygens (including phenoxy) is 1. The lowest BCUT2D eigenvalue weighted by Gasteiger charge is -2.29. The van der Waals surface area contributed by atoms with Gasteiger partial charge in [0.25, 0.3) is 5.91 Å². The van der Waals surface area contributed by atoms with E-state index >= 15 is 0 Å². The number of halogens is 1. The third-order valence-electron chi connectivity index (χ3n) is 4.36. The van der Waals surface area contributed by atoms with E-state index in [4.69, 9.17) is 22.1 Å². The lowest BCUT2D eigenvalue weighted by Crippen LogP contribution is -2.47. The summed E-state index contributed by atoms with van der Waals surface area (Å²) in [4.78, 5) is 10.8. The molecule has 2 atom stereocenters. The van der Waals surface area contributed by atoms with Crippen LogP contribution in [0.4, 0.5) is 0 Å². The second-order valence-corrected chi connectivity index (χ2v) is 8.39. The predicted octanol–water partition coefficient (Wildman–Crippen LogP) is 0.765. The molecule has 2 heterocycles. The molecule has 2 saturated heterocycles.